The maximum Gasteiger partial charge on any atom is 0.145 e. The molecule has 0 saturated carbocycles. The third-order valence-electron chi connectivity index (χ3n) is 3.56. The lowest BCUT2D eigenvalue weighted by Crippen LogP contribution is -2.26. The first-order valence-corrected chi connectivity index (χ1v) is 7.91. The van der Waals surface area contributed by atoms with Gasteiger partial charge in [0.1, 0.15) is 6.10 Å². The first-order chi connectivity index (χ1) is 10.7. The molecule has 0 spiro atoms. The molecule has 114 valence electrons. The molecule has 2 aromatic carbocycles. The molecule has 5 heteroatoms. The van der Waals surface area contributed by atoms with Crippen LogP contribution in [0.15, 0.2) is 53.7 Å². The molecule has 1 aliphatic rings. The number of nitrogens with zero attached hydrogens (tertiary/aromatic N) is 1. The van der Waals surface area contributed by atoms with E-state index in [0.29, 0.717) is 18.1 Å². The van der Waals surface area contributed by atoms with Crippen molar-refractivity contribution in [2.24, 2.45) is 5.16 Å². The third-order valence-corrected chi connectivity index (χ3v) is 4.26. The highest BCUT2D eigenvalue weighted by Crippen LogP contribution is 2.22. The molecule has 1 N–H and O–H groups in total. The van der Waals surface area contributed by atoms with Gasteiger partial charge in [0.25, 0.3) is 0 Å². The van der Waals surface area contributed by atoms with Gasteiger partial charge in [0.2, 0.25) is 0 Å². The monoisotopic (exact) mass is 334 g/mol. The molecule has 1 heterocycles. The van der Waals surface area contributed by atoms with Crippen molar-refractivity contribution in [2.75, 3.05) is 6.54 Å². The Balaban J connectivity index is 1.51. The highest BCUT2D eigenvalue weighted by Gasteiger charge is 2.23. The predicted octanol–water partition coefficient (Wildman–Crippen LogP) is 4.28. The molecule has 2 aromatic rings. The SMILES string of the molecule is Clc1ccccc1CNC[C@H]1CC(c2ccccc2Cl)=NO1. The molecule has 0 aliphatic carbocycles. The molecule has 0 saturated heterocycles. The third kappa shape index (κ3) is 3.61. The molecule has 0 unspecified atom stereocenters. The van der Waals surface area contributed by atoms with Crippen LogP contribution in [0, 0.1) is 0 Å². The van der Waals surface area contributed by atoms with Gasteiger partial charge >= 0.3 is 0 Å². The molecule has 1 aliphatic heterocycles. The Morgan fingerprint density at radius 1 is 1.05 bits per heavy atom. The second kappa shape index (κ2) is 7.14. The number of benzene rings is 2. The molecule has 3 nitrogen and oxygen atoms in total. The van der Waals surface area contributed by atoms with Gasteiger partial charge < -0.3 is 10.2 Å². The second-order valence-electron chi connectivity index (χ2n) is 5.17. The summed E-state index contributed by atoms with van der Waals surface area (Å²) in [4.78, 5) is 5.48. The van der Waals surface area contributed by atoms with E-state index in [1.807, 2.05) is 48.5 Å². The van der Waals surface area contributed by atoms with Crippen LogP contribution in [0.1, 0.15) is 17.5 Å². The fourth-order valence-corrected chi connectivity index (χ4v) is 2.85. The van der Waals surface area contributed by atoms with Crippen molar-refractivity contribution < 1.29 is 4.84 Å². The topological polar surface area (TPSA) is 33.6 Å². The number of rotatable bonds is 5. The lowest BCUT2D eigenvalue weighted by atomic mass is 10.0. The van der Waals surface area contributed by atoms with E-state index in [-0.39, 0.29) is 6.10 Å². The normalized spacial score (nSPS) is 17.2. The summed E-state index contributed by atoms with van der Waals surface area (Å²) in [5.74, 6) is 0. The number of hydrogen-bond acceptors (Lipinski definition) is 3. The summed E-state index contributed by atoms with van der Waals surface area (Å²) in [5, 5.41) is 8.99. The van der Waals surface area contributed by atoms with Gasteiger partial charge in [-0.3, -0.25) is 0 Å². The highest BCUT2D eigenvalue weighted by molar-refractivity contribution is 6.34. The maximum atomic E-state index is 6.19. The van der Waals surface area contributed by atoms with E-state index in [1.54, 1.807) is 0 Å². The smallest absolute Gasteiger partial charge is 0.145 e. The van der Waals surface area contributed by atoms with Gasteiger partial charge in [-0.15, -0.1) is 0 Å². The van der Waals surface area contributed by atoms with Crippen LogP contribution in [0.2, 0.25) is 10.0 Å². The minimum absolute atomic E-state index is 0.0220. The zero-order chi connectivity index (χ0) is 15.4. The number of oxime groups is 1. The Bertz CT molecular complexity index is 688. The summed E-state index contributed by atoms with van der Waals surface area (Å²) in [6.45, 7) is 1.42. The molecular formula is C17H16Cl2N2O. The average molecular weight is 335 g/mol. The fraction of sp³-hybridized carbons (Fsp3) is 0.235. The maximum absolute atomic E-state index is 6.19. The van der Waals surface area contributed by atoms with Gasteiger partial charge in [0, 0.05) is 35.1 Å². The molecule has 1 atom stereocenters. The van der Waals surface area contributed by atoms with Crippen molar-refractivity contribution in [1.82, 2.24) is 5.32 Å². The van der Waals surface area contributed by atoms with Crippen LogP contribution < -0.4 is 5.32 Å². The molecule has 0 bridgehead atoms. The van der Waals surface area contributed by atoms with Crippen LogP contribution in [0.5, 0.6) is 0 Å². The predicted molar refractivity (Wildman–Crippen MR) is 90.6 cm³/mol. The van der Waals surface area contributed by atoms with Crippen molar-refractivity contribution in [3.63, 3.8) is 0 Å². The summed E-state index contributed by atoms with van der Waals surface area (Å²) in [6, 6.07) is 15.5. The molecule has 0 aromatic heterocycles. The van der Waals surface area contributed by atoms with E-state index >= 15 is 0 Å². The summed E-state index contributed by atoms with van der Waals surface area (Å²) >= 11 is 12.3. The van der Waals surface area contributed by atoms with Crippen molar-refractivity contribution in [3.05, 3.63) is 69.7 Å². The van der Waals surface area contributed by atoms with Crippen molar-refractivity contribution in [1.29, 1.82) is 0 Å². The van der Waals surface area contributed by atoms with Crippen LogP contribution in [0.3, 0.4) is 0 Å². The Hall–Kier alpha value is -1.55. The quantitative estimate of drug-likeness (QED) is 0.885. The van der Waals surface area contributed by atoms with Gasteiger partial charge in [-0.2, -0.15) is 0 Å². The number of nitrogens with one attached hydrogen (secondary N) is 1. The molecule has 3 rings (SSSR count). The molecule has 0 fully saturated rings. The number of halogens is 2. The van der Waals surface area contributed by atoms with E-state index in [1.165, 1.54) is 0 Å². The van der Waals surface area contributed by atoms with E-state index in [9.17, 15) is 0 Å². The van der Waals surface area contributed by atoms with Crippen LogP contribution in [0.4, 0.5) is 0 Å². The first kappa shape index (κ1) is 15.3. The van der Waals surface area contributed by atoms with Gasteiger partial charge in [-0.25, -0.2) is 0 Å². The molecular weight excluding hydrogens is 319 g/mol. The van der Waals surface area contributed by atoms with E-state index < -0.39 is 0 Å². The van der Waals surface area contributed by atoms with E-state index in [0.717, 1.165) is 28.3 Å². The minimum Gasteiger partial charge on any atom is -0.390 e. The Morgan fingerprint density at radius 2 is 1.77 bits per heavy atom. The largest absolute Gasteiger partial charge is 0.390 e. The van der Waals surface area contributed by atoms with Gasteiger partial charge in [0.05, 0.1) is 5.71 Å². The average Bonchev–Trinajstić information content (AvgIpc) is 2.98. The molecule has 22 heavy (non-hydrogen) atoms. The fourth-order valence-electron chi connectivity index (χ4n) is 2.40. The van der Waals surface area contributed by atoms with Gasteiger partial charge in [0.15, 0.2) is 0 Å². The summed E-state index contributed by atoms with van der Waals surface area (Å²) in [5.41, 5.74) is 2.92. The molecule has 0 amide bonds. The van der Waals surface area contributed by atoms with E-state index in [2.05, 4.69) is 10.5 Å². The number of hydrogen-bond donors (Lipinski definition) is 1. The Kier molecular flexibility index (Phi) is 4.98. The standard InChI is InChI=1S/C17H16Cl2N2O/c18-15-7-3-1-5-12(15)10-20-11-13-9-17(21-22-13)14-6-2-4-8-16(14)19/h1-8,13,20H,9-11H2/t13-/m1/s1. The first-order valence-electron chi connectivity index (χ1n) is 7.16. The van der Waals surface area contributed by atoms with Crippen LogP contribution >= 0.6 is 23.2 Å². The lowest BCUT2D eigenvalue weighted by molar-refractivity contribution is 0.0848. The van der Waals surface area contributed by atoms with E-state index in [4.69, 9.17) is 28.0 Å². The second-order valence-corrected chi connectivity index (χ2v) is 5.99. The van der Waals surface area contributed by atoms with Crippen LogP contribution in [-0.2, 0) is 11.4 Å². The summed E-state index contributed by atoms with van der Waals surface area (Å²) in [7, 11) is 0. The van der Waals surface area contributed by atoms with Crippen molar-refractivity contribution in [3.8, 4) is 0 Å². The Morgan fingerprint density at radius 3 is 2.55 bits per heavy atom. The molecule has 0 radical (unpaired) electrons. The van der Waals surface area contributed by atoms with Crippen LogP contribution in [0.25, 0.3) is 0 Å². The Labute approximate surface area is 139 Å². The highest BCUT2D eigenvalue weighted by atomic mass is 35.5. The van der Waals surface area contributed by atoms with Crippen molar-refractivity contribution >= 4 is 28.9 Å². The van der Waals surface area contributed by atoms with Crippen molar-refractivity contribution in [2.45, 2.75) is 19.1 Å². The summed E-state index contributed by atoms with van der Waals surface area (Å²) in [6.07, 6.45) is 0.771. The lowest BCUT2D eigenvalue weighted by Gasteiger charge is -2.10. The minimum atomic E-state index is 0.0220. The zero-order valence-electron chi connectivity index (χ0n) is 11.9. The van der Waals surface area contributed by atoms with Crippen LogP contribution in [-0.4, -0.2) is 18.4 Å². The zero-order valence-corrected chi connectivity index (χ0v) is 13.4. The summed E-state index contributed by atoms with van der Waals surface area (Å²) < 4.78 is 0. The van der Waals surface area contributed by atoms with Gasteiger partial charge in [-0.1, -0.05) is 64.8 Å². The van der Waals surface area contributed by atoms with Gasteiger partial charge in [-0.05, 0) is 17.7 Å².